The van der Waals surface area contributed by atoms with Gasteiger partial charge in [0.15, 0.2) is 0 Å². The van der Waals surface area contributed by atoms with Crippen LogP contribution in [0.5, 0.6) is 0 Å². The van der Waals surface area contributed by atoms with Crippen molar-refractivity contribution in [2.45, 2.75) is 26.7 Å². The van der Waals surface area contributed by atoms with Gasteiger partial charge >= 0.3 is 0 Å². The number of carbonyl (C=O) groups excluding carboxylic acids is 2. The Kier molecular flexibility index (Phi) is 3.08. The van der Waals surface area contributed by atoms with Gasteiger partial charge in [0.1, 0.15) is 0 Å². The lowest BCUT2D eigenvalue weighted by Gasteiger charge is -2.35. The van der Waals surface area contributed by atoms with Gasteiger partial charge in [0.05, 0.1) is 5.69 Å². The molecule has 17 heavy (non-hydrogen) atoms. The largest absolute Gasteiger partial charge is 0.274 e. The van der Waals surface area contributed by atoms with Crippen LogP contribution in [0.25, 0.3) is 0 Å². The number of rotatable bonds is 1. The molecule has 90 valence electrons. The Hall–Kier alpha value is -1.16. The average molecular weight is 296 g/mol. The number of halogens is 1. The zero-order valence-electron chi connectivity index (χ0n) is 9.87. The number of benzene rings is 1. The van der Waals surface area contributed by atoms with Crippen LogP contribution in [0.1, 0.15) is 26.7 Å². The van der Waals surface area contributed by atoms with Crippen LogP contribution in [0.4, 0.5) is 5.69 Å². The van der Waals surface area contributed by atoms with Gasteiger partial charge in [0.2, 0.25) is 11.8 Å². The van der Waals surface area contributed by atoms with Crippen LogP contribution < -0.4 is 4.90 Å². The maximum absolute atomic E-state index is 12.1. The van der Waals surface area contributed by atoms with Crippen molar-refractivity contribution in [3.05, 3.63) is 28.7 Å². The van der Waals surface area contributed by atoms with Crippen molar-refractivity contribution in [1.29, 1.82) is 0 Å². The monoisotopic (exact) mass is 295 g/mol. The average Bonchev–Trinajstić information content (AvgIpc) is 2.17. The van der Waals surface area contributed by atoms with Gasteiger partial charge in [-0.25, -0.2) is 4.90 Å². The van der Waals surface area contributed by atoms with Crippen LogP contribution in [-0.4, -0.2) is 11.8 Å². The number of nitrogens with zero attached hydrogens (tertiary/aromatic N) is 1. The first kappa shape index (κ1) is 12.3. The second kappa shape index (κ2) is 4.26. The smallest absolute Gasteiger partial charge is 0.234 e. The van der Waals surface area contributed by atoms with E-state index in [9.17, 15) is 9.59 Å². The Morgan fingerprint density at radius 2 is 1.65 bits per heavy atom. The van der Waals surface area contributed by atoms with E-state index in [0.717, 1.165) is 4.47 Å². The van der Waals surface area contributed by atoms with Crippen molar-refractivity contribution in [2.75, 3.05) is 4.90 Å². The maximum atomic E-state index is 12.1. The minimum Gasteiger partial charge on any atom is -0.274 e. The van der Waals surface area contributed by atoms with Gasteiger partial charge in [-0.2, -0.15) is 0 Å². The first-order valence-corrected chi connectivity index (χ1v) is 6.30. The summed E-state index contributed by atoms with van der Waals surface area (Å²) in [5.74, 6) is -0.253. The molecule has 0 radical (unpaired) electrons. The van der Waals surface area contributed by atoms with Crippen molar-refractivity contribution in [2.24, 2.45) is 5.41 Å². The van der Waals surface area contributed by atoms with E-state index in [1.165, 1.54) is 4.90 Å². The predicted octanol–water partition coefficient (Wildman–Crippen LogP) is 3.13. The van der Waals surface area contributed by atoms with Gasteiger partial charge in [0.25, 0.3) is 0 Å². The SMILES string of the molecule is CC1(C)CC(=O)N(c2ccccc2Br)C(=O)C1. The minimum atomic E-state index is -0.230. The van der Waals surface area contributed by atoms with E-state index in [4.69, 9.17) is 0 Å². The van der Waals surface area contributed by atoms with E-state index >= 15 is 0 Å². The zero-order chi connectivity index (χ0) is 12.6. The van der Waals surface area contributed by atoms with Gasteiger partial charge in [0, 0.05) is 17.3 Å². The van der Waals surface area contributed by atoms with Crippen LogP contribution in [0.2, 0.25) is 0 Å². The Balaban J connectivity index is 2.38. The lowest BCUT2D eigenvalue weighted by Crippen LogP contribution is -2.46. The summed E-state index contributed by atoms with van der Waals surface area (Å²) in [6.45, 7) is 3.89. The number of anilines is 1. The fraction of sp³-hybridized carbons (Fsp3) is 0.385. The molecule has 0 saturated carbocycles. The summed E-state index contributed by atoms with van der Waals surface area (Å²) >= 11 is 3.37. The quantitative estimate of drug-likeness (QED) is 0.747. The van der Waals surface area contributed by atoms with E-state index < -0.39 is 0 Å². The van der Waals surface area contributed by atoms with E-state index in [0.29, 0.717) is 18.5 Å². The molecule has 0 aromatic heterocycles. The lowest BCUT2D eigenvalue weighted by molar-refractivity contribution is -0.132. The number of hydrogen-bond donors (Lipinski definition) is 0. The molecule has 1 aliphatic rings. The molecule has 0 unspecified atom stereocenters. The molecule has 1 aromatic rings. The Morgan fingerprint density at radius 3 is 2.18 bits per heavy atom. The second-order valence-electron chi connectivity index (χ2n) is 5.09. The molecule has 0 bridgehead atoms. The standard InChI is InChI=1S/C13H14BrNO2/c1-13(2)7-11(16)15(12(17)8-13)10-6-4-3-5-9(10)14/h3-6H,7-8H2,1-2H3. The fourth-order valence-corrected chi connectivity index (χ4v) is 2.54. The number of para-hydroxylation sites is 1. The van der Waals surface area contributed by atoms with E-state index in [1.54, 1.807) is 6.07 Å². The number of hydrogen-bond acceptors (Lipinski definition) is 2. The number of imide groups is 1. The summed E-state index contributed by atoms with van der Waals surface area (Å²) in [7, 11) is 0. The number of piperidine rings is 1. The molecule has 3 nitrogen and oxygen atoms in total. The summed E-state index contributed by atoms with van der Waals surface area (Å²) in [5, 5.41) is 0. The van der Waals surface area contributed by atoms with Crippen LogP contribution in [-0.2, 0) is 9.59 Å². The number of amides is 2. The van der Waals surface area contributed by atoms with E-state index in [2.05, 4.69) is 15.9 Å². The van der Waals surface area contributed by atoms with Crippen LogP contribution in [0.15, 0.2) is 28.7 Å². The topological polar surface area (TPSA) is 37.4 Å². The summed E-state index contributed by atoms with van der Waals surface area (Å²) < 4.78 is 0.765. The van der Waals surface area contributed by atoms with Gasteiger partial charge in [-0.3, -0.25) is 9.59 Å². The highest BCUT2D eigenvalue weighted by molar-refractivity contribution is 9.10. The van der Waals surface area contributed by atoms with Crippen molar-refractivity contribution in [1.82, 2.24) is 0 Å². The van der Waals surface area contributed by atoms with E-state index in [1.807, 2.05) is 32.0 Å². The molecule has 0 aliphatic carbocycles. The lowest BCUT2D eigenvalue weighted by atomic mass is 9.81. The molecule has 0 atom stereocenters. The fourth-order valence-electron chi connectivity index (χ4n) is 2.08. The highest BCUT2D eigenvalue weighted by Gasteiger charge is 2.38. The van der Waals surface area contributed by atoms with Crippen molar-refractivity contribution in [3.63, 3.8) is 0 Å². The third-order valence-electron chi connectivity index (χ3n) is 2.85. The molecule has 1 heterocycles. The molecule has 0 N–H and O–H groups in total. The second-order valence-corrected chi connectivity index (χ2v) is 5.95. The molecule has 4 heteroatoms. The van der Waals surface area contributed by atoms with E-state index in [-0.39, 0.29) is 17.2 Å². The Labute approximate surface area is 109 Å². The van der Waals surface area contributed by atoms with Crippen LogP contribution in [0, 0.1) is 5.41 Å². The molecule has 0 spiro atoms. The highest BCUT2D eigenvalue weighted by atomic mass is 79.9. The third kappa shape index (κ3) is 2.41. The van der Waals surface area contributed by atoms with Crippen molar-refractivity contribution in [3.8, 4) is 0 Å². The summed E-state index contributed by atoms with van der Waals surface area (Å²) in [6, 6.07) is 7.28. The molecule has 1 saturated heterocycles. The Morgan fingerprint density at radius 1 is 1.12 bits per heavy atom. The van der Waals surface area contributed by atoms with Crippen LogP contribution in [0.3, 0.4) is 0 Å². The maximum Gasteiger partial charge on any atom is 0.234 e. The minimum absolute atomic E-state index is 0.127. The van der Waals surface area contributed by atoms with Crippen molar-refractivity contribution >= 4 is 33.4 Å². The summed E-state index contributed by atoms with van der Waals surface area (Å²) in [6.07, 6.45) is 0.806. The molecule has 2 amide bonds. The van der Waals surface area contributed by atoms with Crippen LogP contribution >= 0.6 is 15.9 Å². The molecule has 2 rings (SSSR count). The zero-order valence-corrected chi connectivity index (χ0v) is 11.5. The number of carbonyl (C=O) groups is 2. The first-order valence-electron chi connectivity index (χ1n) is 5.51. The summed E-state index contributed by atoms with van der Waals surface area (Å²) in [4.78, 5) is 25.4. The van der Waals surface area contributed by atoms with Gasteiger partial charge in [-0.15, -0.1) is 0 Å². The molecule has 1 fully saturated rings. The van der Waals surface area contributed by atoms with Gasteiger partial charge in [-0.1, -0.05) is 26.0 Å². The predicted molar refractivity (Wildman–Crippen MR) is 69.7 cm³/mol. The van der Waals surface area contributed by atoms with Gasteiger partial charge < -0.3 is 0 Å². The highest BCUT2D eigenvalue weighted by Crippen LogP contribution is 2.36. The third-order valence-corrected chi connectivity index (χ3v) is 3.52. The van der Waals surface area contributed by atoms with Gasteiger partial charge in [-0.05, 0) is 33.5 Å². The summed E-state index contributed by atoms with van der Waals surface area (Å²) in [5.41, 5.74) is 0.407. The normalized spacial score (nSPS) is 19.6. The Bertz CT molecular complexity index is 462. The molecular formula is C13H14BrNO2. The molecule has 1 aromatic carbocycles. The molecular weight excluding hydrogens is 282 g/mol. The molecule has 1 aliphatic heterocycles. The first-order chi connectivity index (χ1) is 7.91. The van der Waals surface area contributed by atoms with Crippen molar-refractivity contribution < 1.29 is 9.59 Å².